The molecule has 0 aromatic heterocycles. The molecule has 1 aliphatic heterocycles. The van der Waals surface area contributed by atoms with Gasteiger partial charge in [-0.15, -0.1) is 0 Å². The van der Waals surface area contributed by atoms with Crippen LogP contribution < -0.4 is 5.32 Å². The molecule has 0 aromatic rings. The van der Waals surface area contributed by atoms with E-state index in [2.05, 4.69) is 19.2 Å². The van der Waals surface area contributed by atoms with Crippen molar-refractivity contribution in [1.29, 1.82) is 0 Å². The Morgan fingerprint density at radius 3 is 2.69 bits per heavy atom. The van der Waals surface area contributed by atoms with Crippen molar-refractivity contribution in [2.45, 2.75) is 50.4 Å². The van der Waals surface area contributed by atoms with Crippen LogP contribution in [-0.4, -0.2) is 27.3 Å². The second-order valence-corrected chi connectivity index (χ2v) is 6.23. The first-order valence-corrected chi connectivity index (χ1v) is 6.73. The Morgan fingerprint density at radius 1 is 1.46 bits per heavy atom. The van der Waals surface area contributed by atoms with Crippen molar-refractivity contribution in [3.8, 4) is 0 Å². The maximum absolute atomic E-state index is 11.8. The normalized spacial score (nSPS) is 46.3. The van der Waals surface area contributed by atoms with E-state index in [1.54, 1.807) is 0 Å². The third kappa shape index (κ3) is 1.96. The lowest BCUT2D eigenvalue weighted by Gasteiger charge is -2.35. The number of hydrogen-bond acceptors (Lipinski definition) is 2. The van der Waals surface area contributed by atoms with Crippen molar-refractivity contribution >= 4 is 10.8 Å². The monoisotopic (exact) mass is 201 g/mol. The highest BCUT2D eigenvalue weighted by Gasteiger charge is 2.40. The van der Waals surface area contributed by atoms with Crippen LogP contribution in [0.5, 0.6) is 0 Å². The van der Waals surface area contributed by atoms with Crippen LogP contribution in [0.2, 0.25) is 0 Å². The minimum Gasteiger partial charge on any atom is -0.309 e. The SMILES string of the molecule is CCC1CS(=O)C(C)C(C2CC2)N1. The van der Waals surface area contributed by atoms with Crippen molar-refractivity contribution < 1.29 is 4.21 Å². The number of rotatable bonds is 2. The van der Waals surface area contributed by atoms with Gasteiger partial charge in [-0.3, -0.25) is 4.21 Å². The van der Waals surface area contributed by atoms with Crippen molar-refractivity contribution in [3.05, 3.63) is 0 Å². The third-order valence-corrected chi connectivity index (χ3v) is 5.19. The van der Waals surface area contributed by atoms with E-state index in [0.717, 1.165) is 18.1 Å². The van der Waals surface area contributed by atoms with Crippen LogP contribution in [0.4, 0.5) is 0 Å². The van der Waals surface area contributed by atoms with E-state index in [9.17, 15) is 4.21 Å². The van der Waals surface area contributed by atoms with Gasteiger partial charge in [0, 0.05) is 33.9 Å². The smallest absolute Gasteiger partial charge is 0.0476 e. The molecule has 2 fully saturated rings. The molecule has 0 amide bonds. The molecule has 2 rings (SSSR count). The van der Waals surface area contributed by atoms with Gasteiger partial charge >= 0.3 is 0 Å². The van der Waals surface area contributed by atoms with Crippen LogP contribution in [0, 0.1) is 5.92 Å². The molecule has 76 valence electrons. The summed E-state index contributed by atoms with van der Waals surface area (Å²) >= 11 is 0. The lowest BCUT2D eigenvalue weighted by molar-refractivity contribution is 0.380. The fraction of sp³-hybridized carbons (Fsp3) is 1.00. The first kappa shape index (κ1) is 9.66. The molecule has 2 aliphatic rings. The van der Waals surface area contributed by atoms with E-state index in [1.807, 2.05) is 0 Å². The summed E-state index contributed by atoms with van der Waals surface area (Å²) < 4.78 is 11.8. The van der Waals surface area contributed by atoms with E-state index in [4.69, 9.17) is 0 Å². The molecule has 0 spiro atoms. The molecule has 1 saturated carbocycles. The molecular formula is C10H19NOS. The fourth-order valence-corrected chi connectivity index (χ4v) is 3.84. The van der Waals surface area contributed by atoms with E-state index >= 15 is 0 Å². The molecule has 1 N–H and O–H groups in total. The molecule has 1 saturated heterocycles. The molecule has 4 atom stereocenters. The Balaban J connectivity index is 2.02. The lowest BCUT2D eigenvalue weighted by atomic mass is 10.1. The van der Waals surface area contributed by atoms with Gasteiger partial charge in [-0.25, -0.2) is 0 Å². The predicted molar refractivity (Wildman–Crippen MR) is 56.2 cm³/mol. The summed E-state index contributed by atoms with van der Waals surface area (Å²) in [7, 11) is -0.588. The second-order valence-electron chi connectivity index (χ2n) is 4.39. The zero-order valence-corrected chi connectivity index (χ0v) is 9.27. The number of nitrogens with one attached hydrogen (secondary N) is 1. The molecule has 1 heterocycles. The Bertz CT molecular complexity index is 215. The Hall–Kier alpha value is 0.110. The van der Waals surface area contributed by atoms with E-state index in [0.29, 0.717) is 17.3 Å². The predicted octanol–water partition coefficient (Wildman–Crippen LogP) is 1.28. The van der Waals surface area contributed by atoms with Crippen LogP contribution in [0.25, 0.3) is 0 Å². The lowest BCUT2D eigenvalue weighted by Crippen LogP contribution is -2.55. The van der Waals surface area contributed by atoms with Crippen molar-refractivity contribution in [2.75, 3.05) is 5.75 Å². The summed E-state index contributed by atoms with van der Waals surface area (Å²) in [5.74, 6) is 1.69. The van der Waals surface area contributed by atoms with Gasteiger partial charge < -0.3 is 5.32 Å². The van der Waals surface area contributed by atoms with Gasteiger partial charge in [0.25, 0.3) is 0 Å². The van der Waals surface area contributed by atoms with Gasteiger partial charge in [-0.05, 0) is 32.1 Å². The quantitative estimate of drug-likeness (QED) is 0.729. The minimum absolute atomic E-state index is 0.371. The molecular weight excluding hydrogens is 182 g/mol. The van der Waals surface area contributed by atoms with E-state index in [-0.39, 0.29) is 0 Å². The highest BCUT2D eigenvalue weighted by molar-refractivity contribution is 7.85. The second kappa shape index (κ2) is 3.70. The van der Waals surface area contributed by atoms with Gasteiger partial charge in [-0.1, -0.05) is 6.92 Å². The largest absolute Gasteiger partial charge is 0.309 e. The van der Waals surface area contributed by atoms with Gasteiger partial charge in [0.1, 0.15) is 0 Å². The van der Waals surface area contributed by atoms with Crippen LogP contribution in [0.15, 0.2) is 0 Å². The summed E-state index contributed by atoms with van der Waals surface area (Å²) in [5, 5.41) is 4.02. The zero-order chi connectivity index (χ0) is 9.42. The average molecular weight is 201 g/mol. The Kier molecular flexibility index (Phi) is 2.75. The summed E-state index contributed by atoms with van der Waals surface area (Å²) in [6, 6.07) is 1.04. The molecule has 3 heteroatoms. The van der Waals surface area contributed by atoms with E-state index < -0.39 is 10.8 Å². The molecule has 0 bridgehead atoms. The number of hydrogen-bond donors (Lipinski definition) is 1. The molecule has 0 radical (unpaired) electrons. The van der Waals surface area contributed by atoms with Crippen LogP contribution in [0.3, 0.4) is 0 Å². The average Bonchev–Trinajstić information content (AvgIpc) is 2.92. The van der Waals surface area contributed by atoms with Crippen molar-refractivity contribution in [1.82, 2.24) is 5.32 Å². The standard InChI is InChI=1S/C10H19NOS/c1-3-9-6-13(12)7(2)10(11-9)8-4-5-8/h7-11H,3-6H2,1-2H3. The molecule has 4 unspecified atom stereocenters. The summed E-state index contributed by atoms with van der Waals surface area (Å²) in [6.45, 7) is 4.31. The molecule has 13 heavy (non-hydrogen) atoms. The highest BCUT2D eigenvalue weighted by Crippen LogP contribution is 2.36. The highest BCUT2D eigenvalue weighted by atomic mass is 32.2. The van der Waals surface area contributed by atoms with Crippen LogP contribution in [-0.2, 0) is 10.8 Å². The molecule has 0 aromatic carbocycles. The molecule has 2 nitrogen and oxygen atoms in total. The van der Waals surface area contributed by atoms with E-state index in [1.165, 1.54) is 12.8 Å². The maximum Gasteiger partial charge on any atom is 0.0476 e. The Labute approximate surface area is 82.9 Å². The van der Waals surface area contributed by atoms with Crippen LogP contribution in [0.1, 0.15) is 33.1 Å². The minimum atomic E-state index is -0.588. The van der Waals surface area contributed by atoms with Crippen LogP contribution >= 0.6 is 0 Å². The molecule has 1 aliphatic carbocycles. The summed E-state index contributed by atoms with van der Waals surface area (Å²) in [6.07, 6.45) is 3.80. The summed E-state index contributed by atoms with van der Waals surface area (Å²) in [5.41, 5.74) is 0. The summed E-state index contributed by atoms with van der Waals surface area (Å²) in [4.78, 5) is 0. The van der Waals surface area contributed by atoms with Gasteiger partial charge in [0.2, 0.25) is 0 Å². The van der Waals surface area contributed by atoms with Gasteiger partial charge in [0.05, 0.1) is 0 Å². The topological polar surface area (TPSA) is 29.1 Å². The zero-order valence-electron chi connectivity index (χ0n) is 8.45. The first-order chi connectivity index (χ1) is 6.22. The van der Waals surface area contributed by atoms with Gasteiger partial charge in [0.15, 0.2) is 0 Å². The van der Waals surface area contributed by atoms with Crippen molar-refractivity contribution in [2.24, 2.45) is 5.92 Å². The first-order valence-electron chi connectivity index (χ1n) is 5.35. The van der Waals surface area contributed by atoms with Crippen molar-refractivity contribution in [3.63, 3.8) is 0 Å². The van der Waals surface area contributed by atoms with Gasteiger partial charge in [-0.2, -0.15) is 0 Å². The fourth-order valence-electron chi connectivity index (χ4n) is 2.18. The third-order valence-electron chi connectivity index (χ3n) is 3.34. The Morgan fingerprint density at radius 2 is 2.15 bits per heavy atom. The maximum atomic E-state index is 11.8.